The van der Waals surface area contributed by atoms with Gasteiger partial charge in [0.15, 0.2) is 0 Å². The Morgan fingerprint density at radius 3 is 2.37 bits per heavy atom. The standard InChI is InChI=1S/C16H14N2O/c17-10-3-5-13-8-9-16(19-12-4-11-18)15-7-2-1-6-14(13)15/h1-2,6-9H,3-5,12H2. The molecule has 0 radical (unpaired) electrons. The maximum atomic E-state index is 8.69. The number of benzene rings is 2. The maximum Gasteiger partial charge on any atom is 0.127 e. The molecule has 2 aromatic rings. The van der Waals surface area contributed by atoms with E-state index in [0.717, 1.165) is 28.5 Å². The first-order chi connectivity index (χ1) is 9.36. The quantitative estimate of drug-likeness (QED) is 0.762. The summed E-state index contributed by atoms with van der Waals surface area (Å²) in [5.74, 6) is 0.798. The Hall–Kier alpha value is -2.52. The lowest BCUT2D eigenvalue weighted by molar-refractivity contribution is 0.330. The number of hydrogen-bond acceptors (Lipinski definition) is 3. The van der Waals surface area contributed by atoms with E-state index in [0.29, 0.717) is 19.4 Å². The molecular weight excluding hydrogens is 236 g/mol. The Morgan fingerprint density at radius 2 is 1.63 bits per heavy atom. The molecule has 2 aromatic carbocycles. The van der Waals surface area contributed by atoms with Crippen LogP contribution in [0.5, 0.6) is 5.75 Å². The average molecular weight is 250 g/mol. The largest absolute Gasteiger partial charge is 0.492 e. The first-order valence-electron chi connectivity index (χ1n) is 6.24. The van der Waals surface area contributed by atoms with E-state index in [1.54, 1.807) is 0 Å². The summed E-state index contributed by atoms with van der Waals surface area (Å²) in [7, 11) is 0. The summed E-state index contributed by atoms with van der Waals surface area (Å²) in [6.07, 6.45) is 1.64. The van der Waals surface area contributed by atoms with Crippen molar-refractivity contribution in [2.75, 3.05) is 6.61 Å². The first kappa shape index (κ1) is 12.9. The molecule has 0 aromatic heterocycles. The molecule has 0 atom stereocenters. The third-order valence-corrected chi connectivity index (χ3v) is 2.95. The van der Waals surface area contributed by atoms with Crippen LogP contribution in [-0.4, -0.2) is 6.61 Å². The van der Waals surface area contributed by atoms with Gasteiger partial charge in [0.1, 0.15) is 12.4 Å². The van der Waals surface area contributed by atoms with Crippen molar-refractivity contribution in [3.63, 3.8) is 0 Å². The van der Waals surface area contributed by atoms with Gasteiger partial charge in [0.05, 0.1) is 18.6 Å². The van der Waals surface area contributed by atoms with Gasteiger partial charge in [0.2, 0.25) is 0 Å². The summed E-state index contributed by atoms with van der Waals surface area (Å²) >= 11 is 0. The molecule has 0 aliphatic heterocycles. The summed E-state index contributed by atoms with van der Waals surface area (Å²) in [6, 6.07) is 16.2. The van der Waals surface area contributed by atoms with E-state index in [1.807, 2.05) is 36.4 Å². The molecule has 0 aliphatic rings. The zero-order valence-electron chi connectivity index (χ0n) is 10.6. The first-order valence-corrected chi connectivity index (χ1v) is 6.24. The normalized spacial score (nSPS) is 9.79. The van der Waals surface area contributed by atoms with E-state index >= 15 is 0 Å². The summed E-state index contributed by atoms with van der Waals surface area (Å²) in [6.45, 7) is 0.401. The van der Waals surface area contributed by atoms with Gasteiger partial charge in [-0.2, -0.15) is 10.5 Å². The van der Waals surface area contributed by atoms with Gasteiger partial charge in [-0.05, 0) is 23.4 Å². The zero-order valence-corrected chi connectivity index (χ0v) is 10.6. The maximum absolute atomic E-state index is 8.69. The SMILES string of the molecule is N#CCCOc1ccc(CCC#N)c2ccccc12. The highest BCUT2D eigenvalue weighted by Gasteiger charge is 2.06. The van der Waals surface area contributed by atoms with Crippen molar-refractivity contribution >= 4 is 10.8 Å². The second kappa shape index (κ2) is 6.42. The molecule has 0 aliphatic carbocycles. The third-order valence-electron chi connectivity index (χ3n) is 2.95. The van der Waals surface area contributed by atoms with Crippen LogP contribution < -0.4 is 4.74 Å². The fourth-order valence-corrected chi connectivity index (χ4v) is 2.07. The van der Waals surface area contributed by atoms with E-state index in [2.05, 4.69) is 12.1 Å². The second-order valence-corrected chi connectivity index (χ2v) is 4.18. The van der Waals surface area contributed by atoms with Gasteiger partial charge >= 0.3 is 0 Å². The number of ether oxygens (including phenoxy) is 1. The van der Waals surface area contributed by atoms with Crippen LogP contribution >= 0.6 is 0 Å². The molecule has 0 spiro atoms. The molecule has 3 heteroatoms. The van der Waals surface area contributed by atoms with Crippen LogP contribution in [0.1, 0.15) is 18.4 Å². The molecule has 0 unspecified atom stereocenters. The summed E-state index contributed by atoms with van der Waals surface area (Å²) in [5, 5.41) is 19.4. The van der Waals surface area contributed by atoms with Crippen molar-refractivity contribution in [1.29, 1.82) is 10.5 Å². The topological polar surface area (TPSA) is 56.8 Å². The number of hydrogen-bond donors (Lipinski definition) is 0. The molecule has 3 nitrogen and oxygen atoms in total. The van der Waals surface area contributed by atoms with Crippen molar-refractivity contribution < 1.29 is 4.74 Å². The minimum Gasteiger partial charge on any atom is -0.492 e. The van der Waals surface area contributed by atoms with Crippen LogP contribution in [0.25, 0.3) is 10.8 Å². The highest BCUT2D eigenvalue weighted by molar-refractivity contribution is 5.91. The van der Waals surface area contributed by atoms with Crippen LogP contribution in [0.3, 0.4) is 0 Å². The lowest BCUT2D eigenvalue weighted by Crippen LogP contribution is -1.97. The van der Waals surface area contributed by atoms with Gasteiger partial charge in [-0.3, -0.25) is 0 Å². The number of aryl methyl sites for hydroxylation is 1. The van der Waals surface area contributed by atoms with E-state index in [-0.39, 0.29) is 0 Å². The van der Waals surface area contributed by atoms with Crippen LogP contribution in [-0.2, 0) is 6.42 Å². The predicted molar refractivity (Wildman–Crippen MR) is 73.6 cm³/mol. The molecule has 0 fully saturated rings. The van der Waals surface area contributed by atoms with Gasteiger partial charge < -0.3 is 4.74 Å². The lowest BCUT2D eigenvalue weighted by atomic mass is 10.0. The Morgan fingerprint density at radius 1 is 0.895 bits per heavy atom. The number of fused-ring (bicyclic) bond motifs is 1. The van der Waals surface area contributed by atoms with Gasteiger partial charge in [-0.1, -0.05) is 30.3 Å². The van der Waals surface area contributed by atoms with Crippen LogP contribution in [0.2, 0.25) is 0 Å². The van der Waals surface area contributed by atoms with Gasteiger partial charge in [0.25, 0.3) is 0 Å². The molecule has 0 saturated heterocycles. The Kier molecular flexibility index (Phi) is 4.37. The molecule has 0 N–H and O–H groups in total. The Balaban J connectivity index is 2.35. The van der Waals surface area contributed by atoms with Crippen LogP contribution in [0.4, 0.5) is 0 Å². The second-order valence-electron chi connectivity index (χ2n) is 4.18. The predicted octanol–water partition coefficient (Wildman–Crippen LogP) is 3.59. The third kappa shape index (κ3) is 3.03. The van der Waals surface area contributed by atoms with Gasteiger partial charge in [0, 0.05) is 11.8 Å². The minimum absolute atomic E-state index is 0.379. The molecule has 2 rings (SSSR count). The van der Waals surface area contributed by atoms with Crippen molar-refractivity contribution in [3.05, 3.63) is 42.0 Å². The zero-order chi connectivity index (χ0) is 13.5. The van der Waals surface area contributed by atoms with Gasteiger partial charge in [-0.15, -0.1) is 0 Å². The van der Waals surface area contributed by atoms with E-state index in [9.17, 15) is 0 Å². The monoisotopic (exact) mass is 250 g/mol. The summed E-state index contributed by atoms with van der Waals surface area (Å²) < 4.78 is 5.63. The Labute approximate surface area is 112 Å². The minimum atomic E-state index is 0.379. The summed E-state index contributed by atoms with van der Waals surface area (Å²) in [4.78, 5) is 0. The van der Waals surface area contributed by atoms with Crippen molar-refractivity contribution in [1.82, 2.24) is 0 Å². The van der Waals surface area contributed by atoms with Crippen molar-refractivity contribution in [3.8, 4) is 17.9 Å². The van der Waals surface area contributed by atoms with E-state index in [4.69, 9.17) is 15.3 Å². The van der Waals surface area contributed by atoms with Crippen LogP contribution in [0, 0.1) is 22.7 Å². The highest BCUT2D eigenvalue weighted by Crippen LogP contribution is 2.29. The highest BCUT2D eigenvalue weighted by atomic mass is 16.5. The number of rotatable bonds is 5. The van der Waals surface area contributed by atoms with E-state index in [1.165, 1.54) is 0 Å². The fourth-order valence-electron chi connectivity index (χ4n) is 2.07. The molecule has 0 heterocycles. The molecule has 0 amide bonds. The Bertz CT molecular complexity index is 650. The molecular formula is C16H14N2O. The van der Waals surface area contributed by atoms with Gasteiger partial charge in [-0.25, -0.2) is 0 Å². The average Bonchev–Trinajstić information content (AvgIpc) is 2.46. The van der Waals surface area contributed by atoms with Crippen molar-refractivity contribution in [2.24, 2.45) is 0 Å². The van der Waals surface area contributed by atoms with Crippen LogP contribution in [0.15, 0.2) is 36.4 Å². The van der Waals surface area contributed by atoms with E-state index < -0.39 is 0 Å². The smallest absolute Gasteiger partial charge is 0.127 e. The fraction of sp³-hybridized carbons (Fsp3) is 0.250. The summed E-state index contributed by atoms with van der Waals surface area (Å²) in [5.41, 5.74) is 1.16. The lowest BCUT2D eigenvalue weighted by Gasteiger charge is -2.11. The molecule has 94 valence electrons. The number of nitrogens with zero attached hydrogens (tertiary/aromatic N) is 2. The number of nitriles is 2. The van der Waals surface area contributed by atoms with Crippen molar-refractivity contribution in [2.45, 2.75) is 19.3 Å². The molecule has 19 heavy (non-hydrogen) atoms. The molecule has 0 bridgehead atoms. The molecule has 0 saturated carbocycles.